The van der Waals surface area contributed by atoms with Crippen LogP contribution in [0.1, 0.15) is 51.4 Å². The SMILES string of the molecule is O=C(NCCCOCC1CCOCC1)C1CC2CCCCC2N1. The largest absolute Gasteiger partial charge is 0.381 e. The van der Waals surface area contributed by atoms with E-state index in [9.17, 15) is 4.79 Å². The molecule has 132 valence electrons. The molecule has 2 heterocycles. The molecule has 1 amide bonds. The zero-order chi connectivity index (χ0) is 15.9. The topological polar surface area (TPSA) is 59.6 Å². The van der Waals surface area contributed by atoms with E-state index in [0.29, 0.717) is 12.0 Å². The first kappa shape index (κ1) is 17.2. The summed E-state index contributed by atoms with van der Waals surface area (Å²) < 4.78 is 11.1. The molecule has 0 bridgehead atoms. The van der Waals surface area contributed by atoms with Gasteiger partial charge in [-0.05, 0) is 50.4 Å². The van der Waals surface area contributed by atoms with Crippen molar-refractivity contribution in [3.05, 3.63) is 0 Å². The number of hydrogen-bond acceptors (Lipinski definition) is 4. The Morgan fingerprint density at radius 1 is 1.17 bits per heavy atom. The van der Waals surface area contributed by atoms with Crippen molar-refractivity contribution in [3.63, 3.8) is 0 Å². The summed E-state index contributed by atoms with van der Waals surface area (Å²) in [5.41, 5.74) is 0. The van der Waals surface area contributed by atoms with Crippen molar-refractivity contribution in [2.24, 2.45) is 11.8 Å². The van der Waals surface area contributed by atoms with Crippen LogP contribution in [0.5, 0.6) is 0 Å². The fourth-order valence-corrected chi connectivity index (χ4v) is 4.19. The Bertz CT molecular complexity index is 357. The molecule has 3 atom stereocenters. The smallest absolute Gasteiger partial charge is 0.237 e. The van der Waals surface area contributed by atoms with E-state index >= 15 is 0 Å². The molecule has 2 N–H and O–H groups in total. The Kier molecular flexibility index (Phi) is 6.72. The monoisotopic (exact) mass is 324 g/mol. The number of nitrogens with one attached hydrogen (secondary N) is 2. The van der Waals surface area contributed by atoms with Crippen LogP contribution in [0.4, 0.5) is 0 Å². The highest BCUT2D eigenvalue weighted by Crippen LogP contribution is 2.33. The first-order valence-corrected chi connectivity index (χ1v) is 9.52. The van der Waals surface area contributed by atoms with E-state index in [2.05, 4.69) is 10.6 Å². The summed E-state index contributed by atoms with van der Waals surface area (Å²) in [7, 11) is 0. The second-order valence-corrected chi connectivity index (χ2v) is 7.38. The summed E-state index contributed by atoms with van der Waals surface area (Å²) in [5.74, 6) is 1.57. The van der Waals surface area contributed by atoms with Gasteiger partial charge < -0.3 is 20.1 Å². The molecule has 0 aromatic heterocycles. The van der Waals surface area contributed by atoms with Gasteiger partial charge in [-0.3, -0.25) is 4.79 Å². The van der Waals surface area contributed by atoms with Crippen molar-refractivity contribution in [2.75, 3.05) is 33.0 Å². The minimum atomic E-state index is 0.0336. The number of carbonyl (C=O) groups is 1. The summed E-state index contributed by atoms with van der Waals surface area (Å²) >= 11 is 0. The standard InChI is InChI=1S/C18H32N2O3/c21-18(17-12-15-4-1-2-5-16(15)20-17)19-8-3-9-23-13-14-6-10-22-11-7-14/h14-17,20H,1-13H2,(H,19,21). The second-order valence-electron chi connectivity index (χ2n) is 7.38. The predicted octanol–water partition coefficient (Wildman–Crippen LogP) is 1.86. The lowest BCUT2D eigenvalue weighted by molar-refractivity contribution is -0.122. The van der Waals surface area contributed by atoms with Crippen LogP contribution in [-0.4, -0.2) is 51.0 Å². The van der Waals surface area contributed by atoms with Gasteiger partial charge in [0, 0.05) is 39.0 Å². The molecule has 0 spiro atoms. The summed E-state index contributed by atoms with van der Waals surface area (Å²) in [6, 6.07) is 0.619. The molecule has 5 nitrogen and oxygen atoms in total. The van der Waals surface area contributed by atoms with Crippen LogP contribution < -0.4 is 10.6 Å². The van der Waals surface area contributed by atoms with Crippen LogP contribution in [0.3, 0.4) is 0 Å². The summed E-state index contributed by atoms with van der Waals surface area (Å²) in [5, 5.41) is 6.60. The molecule has 3 rings (SSSR count). The molecule has 23 heavy (non-hydrogen) atoms. The molecule has 2 aliphatic heterocycles. The average Bonchev–Trinajstić information content (AvgIpc) is 3.03. The van der Waals surface area contributed by atoms with Gasteiger partial charge in [-0.2, -0.15) is 0 Å². The van der Waals surface area contributed by atoms with E-state index in [1.54, 1.807) is 0 Å². The third-order valence-corrected chi connectivity index (χ3v) is 5.64. The zero-order valence-electron chi connectivity index (χ0n) is 14.2. The van der Waals surface area contributed by atoms with Gasteiger partial charge in [-0.1, -0.05) is 12.8 Å². The molecular weight excluding hydrogens is 292 g/mol. The molecule has 3 fully saturated rings. The number of ether oxygens (including phenoxy) is 2. The lowest BCUT2D eigenvalue weighted by Gasteiger charge is -2.24. The Morgan fingerprint density at radius 2 is 2.00 bits per heavy atom. The Morgan fingerprint density at radius 3 is 2.83 bits per heavy atom. The summed E-state index contributed by atoms with van der Waals surface area (Å²) in [6.45, 7) is 4.05. The van der Waals surface area contributed by atoms with E-state index < -0.39 is 0 Å². The van der Waals surface area contributed by atoms with Crippen LogP contribution in [-0.2, 0) is 14.3 Å². The minimum Gasteiger partial charge on any atom is -0.381 e. The molecule has 0 aromatic rings. The third kappa shape index (κ3) is 5.16. The van der Waals surface area contributed by atoms with E-state index in [1.807, 2.05) is 0 Å². The fourth-order valence-electron chi connectivity index (χ4n) is 4.19. The average molecular weight is 324 g/mol. The summed E-state index contributed by atoms with van der Waals surface area (Å²) in [4.78, 5) is 12.2. The molecule has 5 heteroatoms. The summed E-state index contributed by atoms with van der Waals surface area (Å²) in [6.07, 6.45) is 9.34. The number of rotatable bonds is 7. The lowest BCUT2D eigenvalue weighted by Crippen LogP contribution is -2.43. The van der Waals surface area contributed by atoms with Gasteiger partial charge in [0.25, 0.3) is 0 Å². The highest BCUT2D eigenvalue weighted by atomic mass is 16.5. The molecule has 3 unspecified atom stereocenters. The predicted molar refractivity (Wildman–Crippen MR) is 89.3 cm³/mol. The van der Waals surface area contributed by atoms with Crippen molar-refractivity contribution in [3.8, 4) is 0 Å². The fraction of sp³-hybridized carbons (Fsp3) is 0.944. The Labute approximate surface area is 139 Å². The second kappa shape index (κ2) is 9.00. The highest BCUT2D eigenvalue weighted by molar-refractivity contribution is 5.82. The first-order valence-electron chi connectivity index (χ1n) is 9.52. The van der Waals surface area contributed by atoms with E-state index in [4.69, 9.17) is 9.47 Å². The lowest BCUT2D eigenvalue weighted by atomic mass is 9.85. The Balaban J connectivity index is 1.22. The van der Waals surface area contributed by atoms with Crippen LogP contribution in [0.15, 0.2) is 0 Å². The number of carbonyl (C=O) groups excluding carboxylic acids is 1. The number of hydrogen-bond donors (Lipinski definition) is 2. The van der Waals surface area contributed by atoms with Crippen molar-refractivity contribution in [1.29, 1.82) is 0 Å². The van der Waals surface area contributed by atoms with Crippen LogP contribution in [0.2, 0.25) is 0 Å². The molecule has 1 saturated carbocycles. The Hall–Kier alpha value is -0.650. The highest BCUT2D eigenvalue weighted by Gasteiger charge is 2.37. The van der Waals surface area contributed by atoms with Crippen molar-refractivity contribution >= 4 is 5.91 Å². The van der Waals surface area contributed by atoms with Crippen molar-refractivity contribution < 1.29 is 14.3 Å². The molecule has 0 aromatic carbocycles. The maximum Gasteiger partial charge on any atom is 0.237 e. The molecule has 1 aliphatic carbocycles. The molecule has 3 aliphatic rings. The van der Waals surface area contributed by atoms with E-state index in [1.165, 1.54) is 25.7 Å². The van der Waals surface area contributed by atoms with Gasteiger partial charge in [0.1, 0.15) is 0 Å². The molecule has 2 saturated heterocycles. The zero-order valence-corrected chi connectivity index (χ0v) is 14.2. The van der Waals surface area contributed by atoms with Gasteiger partial charge in [0.05, 0.1) is 6.04 Å². The van der Waals surface area contributed by atoms with Gasteiger partial charge in [-0.15, -0.1) is 0 Å². The quantitative estimate of drug-likeness (QED) is 0.702. The van der Waals surface area contributed by atoms with Crippen molar-refractivity contribution in [2.45, 2.75) is 63.5 Å². The van der Waals surface area contributed by atoms with Crippen molar-refractivity contribution in [1.82, 2.24) is 10.6 Å². The van der Waals surface area contributed by atoms with Crippen LogP contribution in [0, 0.1) is 11.8 Å². The minimum absolute atomic E-state index is 0.0336. The van der Waals surface area contributed by atoms with E-state index in [0.717, 1.165) is 64.6 Å². The van der Waals surface area contributed by atoms with Gasteiger partial charge in [0.15, 0.2) is 0 Å². The maximum atomic E-state index is 12.2. The normalized spacial score (nSPS) is 31.7. The third-order valence-electron chi connectivity index (χ3n) is 5.64. The number of fused-ring (bicyclic) bond motifs is 1. The van der Waals surface area contributed by atoms with Gasteiger partial charge >= 0.3 is 0 Å². The number of amides is 1. The van der Waals surface area contributed by atoms with Gasteiger partial charge in [-0.25, -0.2) is 0 Å². The molecular formula is C18H32N2O3. The first-order chi connectivity index (χ1) is 11.3. The molecule has 0 radical (unpaired) electrons. The van der Waals surface area contributed by atoms with Crippen LogP contribution >= 0.6 is 0 Å². The van der Waals surface area contributed by atoms with E-state index in [-0.39, 0.29) is 11.9 Å². The maximum absolute atomic E-state index is 12.2. The van der Waals surface area contributed by atoms with Gasteiger partial charge in [0.2, 0.25) is 5.91 Å². The van der Waals surface area contributed by atoms with Crippen LogP contribution in [0.25, 0.3) is 0 Å².